The van der Waals surface area contributed by atoms with E-state index in [0.29, 0.717) is 41.5 Å². The molecule has 0 radical (unpaired) electrons. The van der Waals surface area contributed by atoms with Crippen molar-refractivity contribution in [2.24, 2.45) is 5.92 Å². The van der Waals surface area contributed by atoms with Crippen molar-refractivity contribution in [2.75, 3.05) is 52.4 Å². The number of likely N-dealkylation sites (tertiary alicyclic amines) is 1. The Labute approximate surface area is 246 Å². The summed E-state index contributed by atoms with van der Waals surface area (Å²) in [7, 11) is 2.70. The highest BCUT2D eigenvalue weighted by Crippen LogP contribution is 2.40. The minimum Gasteiger partial charge on any atom is -0.481 e. The molecule has 0 bridgehead atoms. The minimum atomic E-state index is -4.71. The number of halogens is 3. The molecular weight excluding hydrogens is 567 g/mol. The average molecular weight is 602 g/mol. The van der Waals surface area contributed by atoms with Gasteiger partial charge in [-0.15, -0.1) is 0 Å². The largest absolute Gasteiger partial charge is 0.481 e. The van der Waals surface area contributed by atoms with Gasteiger partial charge in [-0.05, 0) is 43.0 Å². The Balaban J connectivity index is 1.37. The minimum absolute atomic E-state index is 0.0507. The van der Waals surface area contributed by atoms with Gasteiger partial charge >= 0.3 is 6.18 Å². The fraction of sp³-hybridized carbons (Fsp3) is 0.467. The number of alkyl halides is 3. The number of benzene rings is 1. The third-order valence-electron chi connectivity index (χ3n) is 8.16. The van der Waals surface area contributed by atoms with Crippen LogP contribution in [0, 0.1) is 5.92 Å². The summed E-state index contributed by atoms with van der Waals surface area (Å²) in [6.07, 6.45) is -1.78. The molecule has 0 unspecified atom stereocenters. The Kier molecular flexibility index (Phi) is 9.02. The van der Waals surface area contributed by atoms with Gasteiger partial charge in [-0.2, -0.15) is 13.2 Å². The number of aromatic nitrogens is 2. The van der Waals surface area contributed by atoms with Crippen LogP contribution < -0.4 is 10.1 Å². The van der Waals surface area contributed by atoms with Crippen LogP contribution in [0.2, 0.25) is 0 Å². The summed E-state index contributed by atoms with van der Waals surface area (Å²) in [6.45, 7) is 0.898. The summed E-state index contributed by atoms with van der Waals surface area (Å²) in [5.74, 6) is -1.24. The monoisotopic (exact) mass is 601 g/mol. The zero-order chi connectivity index (χ0) is 30.7. The highest BCUT2D eigenvalue weighted by atomic mass is 19.4. The zero-order valence-corrected chi connectivity index (χ0v) is 23.9. The molecule has 4 heterocycles. The lowest BCUT2D eigenvalue weighted by molar-refractivity contribution is -0.191. The molecular formula is C30H34F3N5O5. The molecule has 2 N–H and O–H groups in total. The summed E-state index contributed by atoms with van der Waals surface area (Å²) >= 11 is 0. The number of aliphatic hydroxyl groups is 1. The summed E-state index contributed by atoms with van der Waals surface area (Å²) in [4.78, 5) is 36.2. The van der Waals surface area contributed by atoms with Crippen molar-refractivity contribution in [2.45, 2.75) is 37.4 Å². The van der Waals surface area contributed by atoms with Crippen molar-refractivity contribution in [3.05, 3.63) is 53.7 Å². The molecule has 0 spiro atoms. The van der Waals surface area contributed by atoms with Gasteiger partial charge in [-0.25, -0.2) is 4.98 Å². The van der Waals surface area contributed by atoms with Crippen molar-refractivity contribution in [3.63, 3.8) is 0 Å². The molecule has 2 aliphatic heterocycles. The average Bonchev–Trinajstić information content (AvgIpc) is 3.54. The van der Waals surface area contributed by atoms with Crippen LogP contribution in [-0.4, -0.2) is 89.9 Å². The van der Waals surface area contributed by atoms with E-state index >= 15 is 0 Å². The molecule has 10 nitrogen and oxygen atoms in total. The van der Waals surface area contributed by atoms with Crippen LogP contribution in [0.5, 0.6) is 5.88 Å². The molecule has 2 fully saturated rings. The predicted molar refractivity (Wildman–Crippen MR) is 152 cm³/mol. The fourth-order valence-electron chi connectivity index (χ4n) is 5.88. The molecule has 2 amide bonds. The number of aliphatic hydroxyl groups excluding tert-OH is 1. The number of pyridine rings is 2. The van der Waals surface area contributed by atoms with Crippen molar-refractivity contribution in [1.82, 2.24) is 19.8 Å². The zero-order valence-electron chi connectivity index (χ0n) is 23.9. The molecule has 5 rings (SSSR count). The molecule has 2 aromatic heterocycles. The van der Waals surface area contributed by atoms with E-state index in [2.05, 4.69) is 15.3 Å². The number of nitrogens with one attached hydrogen (secondary N) is 1. The van der Waals surface area contributed by atoms with Gasteiger partial charge in [0.15, 0.2) is 6.04 Å². The van der Waals surface area contributed by atoms with E-state index < -0.39 is 36.6 Å². The van der Waals surface area contributed by atoms with E-state index in [9.17, 15) is 22.8 Å². The maximum absolute atomic E-state index is 14.4. The molecule has 230 valence electrons. The number of carbonyl (C=O) groups excluding carboxylic acids is 2. The quantitative estimate of drug-likeness (QED) is 0.395. The van der Waals surface area contributed by atoms with Gasteiger partial charge in [0.05, 0.1) is 36.6 Å². The molecule has 2 saturated heterocycles. The first kappa shape index (κ1) is 30.5. The fourth-order valence-corrected chi connectivity index (χ4v) is 5.88. The third-order valence-corrected chi connectivity index (χ3v) is 8.16. The molecule has 2 atom stereocenters. The van der Waals surface area contributed by atoms with Gasteiger partial charge in [-0.1, -0.05) is 12.1 Å². The second kappa shape index (κ2) is 12.7. The molecule has 0 saturated carbocycles. The normalized spacial score (nSPS) is 18.5. The van der Waals surface area contributed by atoms with E-state index in [1.807, 2.05) is 6.07 Å². The second-order valence-electron chi connectivity index (χ2n) is 10.8. The van der Waals surface area contributed by atoms with Gasteiger partial charge in [0.2, 0.25) is 17.7 Å². The van der Waals surface area contributed by atoms with Crippen LogP contribution in [0.3, 0.4) is 0 Å². The molecule has 2 aliphatic rings. The maximum atomic E-state index is 14.4. The number of rotatable bonds is 8. The lowest BCUT2D eigenvalue weighted by Crippen LogP contribution is -2.47. The van der Waals surface area contributed by atoms with E-state index in [-0.39, 0.29) is 37.4 Å². The summed E-state index contributed by atoms with van der Waals surface area (Å²) in [5.41, 5.74) is 3.39. The topological polar surface area (TPSA) is 117 Å². The van der Waals surface area contributed by atoms with E-state index in [1.165, 1.54) is 24.1 Å². The van der Waals surface area contributed by atoms with Gasteiger partial charge in [-0.3, -0.25) is 14.6 Å². The maximum Gasteiger partial charge on any atom is 0.413 e. The van der Waals surface area contributed by atoms with Crippen LogP contribution in [0.1, 0.15) is 42.3 Å². The number of hydrogen-bond acceptors (Lipinski definition) is 8. The number of nitrogens with zero attached hydrogens (tertiary/aromatic N) is 4. The third kappa shape index (κ3) is 6.52. The Morgan fingerprint density at radius 1 is 1.16 bits per heavy atom. The lowest BCUT2D eigenvalue weighted by atomic mass is 9.93. The van der Waals surface area contributed by atoms with Crippen LogP contribution in [0.4, 0.5) is 24.5 Å². The standard InChI is InChI=1S/C30H34F3N5O5/c1-37(29(41)19-9-12-38(13-10-19)25(40)16-39)28(30(31,32)33)18-3-5-21(6-4-18)35-23-15-34-22-7-8-24(42-2)36-27(22)26(23)20-11-14-43-17-20/h3-8,15,19-20,28,35,39H,9-14,16-17H2,1-2H3/t20-,28+/m1/s1. The predicted octanol–water partition coefficient (Wildman–Crippen LogP) is 4.18. The summed E-state index contributed by atoms with van der Waals surface area (Å²) in [6, 6.07) is 7.23. The highest BCUT2D eigenvalue weighted by molar-refractivity contribution is 5.85. The number of amides is 2. The smallest absolute Gasteiger partial charge is 0.413 e. The van der Waals surface area contributed by atoms with Crippen LogP contribution in [0.15, 0.2) is 42.6 Å². The number of anilines is 2. The Morgan fingerprint density at radius 2 is 1.88 bits per heavy atom. The molecule has 3 aromatic rings. The SMILES string of the molecule is COc1ccc2ncc(Nc3ccc([C@H](N(C)C(=O)C4CCN(C(=O)CO)CC4)C(F)(F)F)cc3)c([C@@H]3CCOC3)c2n1. The lowest BCUT2D eigenvalue weighted by Gasteiger charge is -2.36. The van der Waals surface area contributed by atoms with E-state index in [1.54, 1.807) is 24.4 Å². The van der Waals surface area contributed by atoms with E-state index in [0.717, 1.165) is 23.9 Å². The first-order valence-corrected chi connectivity index (χ1v) is 14.1. The Morgan fingerprint density at radius 3 is 2.49 bits per heavy atom. The second-order valence-corrected chi connectivity index (χ2v) is 10.8. The first-order valence-electron chi connectivity index (χ1n) is 14.1. The van der Waals surface area contributed by atoms with Crippen LogP contribution in [-0.2, 0) is 14.3 Å². The van der Waals surface area contributed by atoms with Crippen molar-refractivity contribution < 1.29 is 37.3 Å². The van der Waals surface area contributed by atoms with Gasteiger partial charge in [0.25, 0.3) is 0 Å². The Hall–Kier alpha value is -3.97. The summed E-state index contributed by atoms with van der Waals surface area (Å²) in [5, 5.41) is 12.3. The molecule has 43 heavy (non-hydrogen) atoms. The van der Waals surface area contributed by atoms with Crippen molar-refractivity contribution >= 4 is 34.2 Å². The number of fused-ring (bicyclic) bond motifs is 1. The molecule has 0 aliphatic carbocycles. The van der Waals surface area contributed by atoms with Gasteiger partial charge < -0.3 is 29.7 Å². The number of hydrogen-bond donors (Lipinski definition) is 2. The van der Waals surface area contributed by atoms with Crippen LogP contribution >= 0.6 is 0 Å². The number of ether oxygens (including phenoxy) is 2. The first-order chi connectivity index (χ1) is 20.6. The highest BCUT2D eigenvalue weighted by Gasteiger charge is 2.46. The van der Waals surface area contributed by atoms with Gasteiger partial charge in [0, 0.05) is 55.9 Å². The summed E-state index contributed by atoms with van der Waals surface area (Å²) < 4.78 is 54.0. The molecule has 13 heteroatoms. The van der Waals surface area contributed by atoms with E-state index in [4.69, 9.17) is 14.6 Å². The number of carbonyl (C=O) groups is 2. The van der Waals surface area contributed by atoms with Crippen LogP contribution in [0.25, 0.3) is 11.0 Å². The van der Waals surface area contributed by atoms with Gasteiger partial charge in [0.1, 0.15) is 6.61 Å². The molecule has 1 aromatic carbocycles. The number of methoxy groups -OCH3 is 1. The number of piperidine rings is 1. The van der Waals surface area contributed by atoms with Crippen molar-refractivity contribution in [3.8, 4) is 5.88 Å². The Bertz CT molecular complexity index is 1460. The van der Waals surface area contributed by atoms with Crippen molar-refractivity contribution in [1.29, 1.82) is 0 Å².